The van der Waals surface area contributed by atoms with Gasteiger partial charge in [0.05, 0.1) is 29.1 Å². The standard InChI is InChI=1S/C22H14ClF5N2O2/c1-9-15(10(2)17-18-16(9)21(25,26)20(18,24)22(17,27)28)14-6-7-30(29-14)11-4-5-13(23)12(8-11)19(31)32-3/h4-8H,1-3H3. The number of methoxy groups -OCH3 is 1. The van der Waals surface area contributed by atoms with Crippen LogP contribution in [0.3, 0.4) is 0 Å². The Morgan fingerprint density at radius 1 is 1.00 bits per heavy atom. The van der Waals surface area contributed by atoms with Gasteiger partial charge in [-0.1, -0.05) is 11.6 Å². The lowest BCUT2D eigenvalue weighted by molar-refractivity contribution is -0.319. The maximum atomic E-state index is 14.5. The Morgan fingerprint density at radius 3 is 2.16 bits per heavy atom. The number of ether oxygens (including phenoxy) is 1. The fourth-order valence-electron chi connectivity index (χ4n) is 4.80. The lowest BCUT2D eigenvalue weighted by Crippen LogP contribution is -2.68. The van der Waals surface area contributed by atoms with Crippen LogP contribution in [0.1, 0.15) is 38.2 Å². The number of hydrogen-bond donors (Lipinski definition) is 0. The van der Waals surface area contributed by atoms with Crippen molar-refractivity contribution in [2.75, 3.05) is 7.11 Å². The molecule has 166 valence electrons. The zero-order valence-corrected chi connectivity index (χ0v) is 17.6. The van der Waals surface area contributed by atoms with Crippen LogP contribution in [-0.2, 0) is 22.3 Å². The van der Waals surface area contributed by atoms with Crippen molar-refractivity contribution < 1.29 is 31.5 Å². The van der Waals surface area contributed by atoms with E-state index in [4.69, 9.17) is 11.6 Å². The minimum absolute atomic E-state index is 0.00614. The molecule has 0 N–H and O–H groups in total. The Hall–Kier alpha value is -2.94. The van der Waals surface area contributed by atoms with E-state index in [1.54, 1.807) is 6.07 Å². The van der Waals surface area contributed by atoms with Crippen molar-refractivity contribution in [3.8, 4) is 16.9 Å². The monoisotopic (exact) mass is 468 g/mol. The number of benzene rings is 2. The Morgan fingerprint density at radius 2 is 1.59 bits per heavy atom. The first-order chi connectivity index (χ1) is 14.9. The first-order valence-corrected chi connectivity index (χ1v) is 9.84. The zero-order valence-electron chi connectivity index (χ0n) is 16.9. The van der Waals surface area contributed by atoms with Gasteiger partial charge in [0.1, 0.15) is 0 Å². The average Bonchev–Trinajstić information content (AvgIpc) is 3.21. The van der Waals surface area contributed by atoms with Gasteiger partial charge in [-0.25, -0.2) is 13.9 Å². The van der Waals surface area contributed by atoms with Crippen molar-refractivity contribution in [2.45, 2.75) is 31.4 Å². The van der Waals surface area contributed by atoms with Crippen LogP contribution in [0.4, 0.5) is 22.0 Å². The summed E-state index contributed by atoms with van der Waals surface area (Å²) >= 11 is 6.02. The molecule has 0 aliphatic heterocycles. The number of esters is 1. The Balaban J connectivity index is 1.66. The SMILES string of the molecule is COC(=O)c1cc(-n2ccc(-c3c(C)c4c5c(c3C)C(F)(F)C5(F)C4(F)F)n2)ccc1Cl. The van der Waals surface area contributed by atoms with E-state index >= 15 is 0 Å². The minimum Gasteiger partial charge on any atom is -0.465 e. The van der Waals surface area contributed by atoms with Gasteiger partial charge in [-0.15, -0.1) is 0 Å². The first-order valence-electron chi connectivity index (χ1n) is 9.47. The quantitative estimate of drug-likeness (QED) is 0.351. The van der Waals surface area contributed by atoms with Gasteiger partial charge in [0, 0.05) is 28.5 Å². The van der Waals surface area contributed by atoms with Crippen LogP contribution in [-0.4, -0.2) is 22.9 Å². The number of rotatable bonds is 3. The van der Waals surface area contributed by atoms with E-state index in [9.17, 15) is 26.7 Å². The van der Waals surface area contributed by atoms with E-state index in [0.717, 1.165) is 0 Å². The van der Waals surface area contributed by atoms with Gasteiger partial charge < -0.3 is 4.74 Å². The van der Waals surface area contributed by atoms with Gasteiger partial charge in [-0.05, 0) is 49.2 Å². The smallest absolute Gasteiger partial charge is 0.339 e. The second-order valence-electron chi connectivity index (χ2n) is 7.86. The molecular formula is C22H14ClF5N2O2. The summed E-state index contributed by atoms with van der Waals surface area (Å²) in [6.45, 7) is 2.69. The van der Waals surface area contributed by atoms with Crippen LogP contribution in [0.2, 0.25) is 5.02 Å². The number of hydrogen-bond acceptors (Lipinski definition) is 3. The topological polar surface area (TPSA) is 44.1 Å². The van der Waals surface area contributed by atoms with Crippen LogP contribution >= 0.6 is 11.6 Å². The van der Waals surface area contributed by atoms with Gasteiger partial charge in [0.25, 0.3) is 5.67 Å². The summed E-state index contributed by atoms with van der Waals surface area (Å²) in [5, 5.41) is 4.49. The van der Waals surface area contributed by atoms with Crippen molar-refractivity contribution in [1.82, 2.24) is 9.78 Å². The maximum absolute atomic E-state index is 14.5. The van der Waals surface area contributed by atoms with E-state index in [1.807, 2.05) is 0 Å². The van der Waals surface area contributed by atoms with Crippen molar-refractivity contribution in [3.05, 3.63) is 68.9 Å². The Labute approximate surface area is 183 Å². The van der Waals surface area contributed by atoms with Crippen molar-refractivity contribution in [1.29, 1.82) is 0 Å². The molecule has 1 aromatic heterocycles. The Kier molecular flexibility index (Phi) is 3.99. The molecule has 2 aromatic carbocycles. The molecule has 0 bridgehead atoms. The second kappa shape index (κ2) is 6.10. The summed E-state index contributed by atoms with van der Waals surface area (Å²) in [5.41, 5.74) is -5.19. The fraction of sp³-hybridized carbons (Fsp3) is 0.273. The predicted molar refractivity (Wildman–Crippen MR) is 105 cm³/mol. The molecule has 0 spiro atoms. The molecule has 0 unspecified atom stereocenters. The summed E-state index contributed by atoms with van der Waals surface area (Å²) in [7, 11) is 1.20. The summed E-state index contributed by atoms with van der Waals surface area (Å²) in [6, 6.07) is 5.93. The van der Waals surface area contributed by atoms with Gasteiger partial charge in [-0.3, -0.25) is 0 Å². The summed E-state index contributed by atoms with van der Waals surface area (Å²) in [5.74, 6) is -9.25. The van der Waals surface area contributed by atoms with E-state index in [1.165, 1.54) is 50.0 Å². The number of alkyl halides is 5. The first kappa shape index (κ1) is 20.9. The highest BCUT2D eigenvalue weighted by molar-refractivity contribution is 6.33. The van der Waals surface area contributed by atoms with Crippen LogP contribution in [0.15, 0.2) is 30.5 Å². The molecule has 3 aromatic rings. The molecule has 0 radical (unpaired) electrons. The lowest BCUT2D eigenvalue weighted by atomic mass is 9.52. The van der Waals surface area contributed by atoms with E-state index < -0.39 is 40.2 Å². The second-order valence-corrected chi connectivity index (χ2v) is 8.27. The Bertz CT molecular complexity index is 1310. The molecule has 0 amide bonds. The summed E-state index contributed by atoms with van der Waals surface area (Å²) in [6.07, 6.45) is 1.49. The molecule has 0 saturated carbocycles. The van der Waals surface area contributed by atoms with Gasteiger partial charge >= 0.3 is 17.8 Å². The molecule has 1 heterocycles. The van der Waals surface area contributed by atoms with Crippen molar-refractivity contribution in [3.63, 3.8) is 0 Å². The number of carbonyl (C=O) groups excluding carboxylic acids is 1. The van der Waals surface area contributed by atoms with Gasteiger partial charge in [0.2, 0.25) is 0 Å². The van der Waals surface area contributed by atoms with Crippen LogP contribution in [0, 0.1) is 13.8 Å². The summed E-state index contributed by atoms with van der Waals surface area (Å²) in [4.78, 5) is 11.9. The van der Waals surface area contributed by atoms with Crippen molar-refractivity contribution in [2.24, 2.45) is 0 Å². The van der Waals surface area contributed by atoms with E-state index in [-0.39, 0.29) is 33.0 Å². The minimum atomic E-state index is -4.29. The van der Waals surface area contributed by atoms with Crippen molar-refractivity contribution >= 4 is 17.6 Å². The van der Waals surface area contributed by atoms with Crippen LogP contribution in [0.25, 0.3) is 16.9 Å². The van der Waals surface area contributed by atoms with Gasteiger partial charge in [-0.2, -0.15) is 22.7 Å². The average molecular weight is 469 g/mol. The maximum Gasteiger partial charge on any atom is 0.339 e. The lowest BCUT2D eigenvalue weighted by Gasteiger charge is -2.58. The largest absolute Gasteiger partial charge is 0.465 e. The van der Waals surface area contributed by atoms with E-state index in [0.29, 0.717) is 5.69 Å². The number of halogens is 6. The number of carbonyl (C=O) groups is 1. The molecule has 32 heavy (non-hydrogen) atoms. The highest BCUT2D eigenvalue weighted by Gasteiger charge is 2.88. The van der Waals surface area contributed by atoms with Crippen LogP contribution < -0.4 is 0 Å². The van der Waals surface area contributed by atoms with Crippen LogP contribution in [0.5, 0.6) is 0 Å². The molecule has 0 fully saturated rings. The highest BCUT2D eigenvalue weighted by Crippen LogP contribution is 2.78. The van der Waals surface area contributed by atoms with E-state index in [2.05, 4.69) is 9.84 Å². The third kappa shape index (κ3) is 2.12. The predicted octanol–water partition coefficient (Wildman–Crippen LogP) is 5.97. The molecule has 5 rings (SSSR count). The summed E-state index contributed by atoms with van der Waals surface area (Å²) < 4.78 is 78.4. The third-order valence-electron chi connectivity index (χ3n) is 6.30. The zero-order chi connectivity index (χ0) is 23.4. The number of nitrogens with zero attached hydrogens (tertiary/aromatic N) is 2. The normalized spacial score (nSPS) is 18.4. The molecule has 0 saturated heterocycles. The molecule has 2 aliphatic rings. The molecule has 0 atom stereocenters. The molecule has 10 heteroatoms. The molecular weight excluding hydrogens is 455 g/mol. The highest BCUT2D eigenvalue weighted by atomic mass is 35.5. The third-order valence-corrected chi connectivity index (χ3v) is 6.63. The fourth-order valence-corrected chi connectivity index (χ4v) is 4.99. The van der Waals surface area contributed by atoms with Gasteiger partial charge in [0.15, 0.2) is 0 Å². The molecule has 4 nitrogen and oxygen atoms in total. The molecule has 2 aliphatic carbocycles. The number of aromatic nitrogens is 2.